The molecule has 0 saturated heterocycles. The number of terminal acetylenes is 2. The Morgan fingerprint density at radius 2 is 1.31 bits per heavy atom. The molecule has 0 radical (unpaired) electrons. The first-order valence-electron chi connectivity index (χ1n) is 22.7. The molecule has 68 heavy (non-hydrogen) atoms. The van der Waals surface area contributed by atoms with Gasteiger partial charge < -0.3 is 49.8 Å². The molecule has 0 heterocycles. The van der Waals surface area contributed by atoms with E-state index in [0.717, 1.165) is 18.4 Å². The highest BCUT2D eigenvalue weighted by atomic mass is 19.1. The third-order valence-corrected chi connectivity index (χ3v) is 9.74. The topological polar surface area (TPSA) is 182 Å². The van der Waals surface area contributed by atoms with E-state index in [2.05, 4.69) is 29.8 Å². The van der Waals surface area contributed by atoms with Gasteiger partial charge in [0.05, 0.1) is 24.4 Å². The second-order valence-electron chi connectivity index (χ2n) is 17.4. The number of ether oxygens (including phenoxy) is 1. The Balaban J connectivity index is 0. The third kappa shape index (κ3) is 38.7. The highest BCUT2D eigenvalue weighted by Gasteiger charge is 2.39. The first kappa shape index (κ1) is 64.7. The average Bonchev–Trinajstić information content (AvgIpc) is 4.02. The summed E-state index contributed by atoms with van der Waals surface area (Å²) in [6, 6.07) is 5.55. The molecule has 11 heteroatoms. The Labute approximate surface area is 407 Å². The second kappa shape index (κ2) is 38.5. The molecule has 0 aliphatic heterocycles. The van der Waals surface area contributed by atoms with Crippen molar-refractivity contribution in [3.63, 3.8) is 0 Å². The van der Waals surface area contributed by atoms with Crippen LogP contribution in [0.1, 0.15) is 120 Å². The molecule has 1 unspecified atom stereocenters. The molecule has 374 valence electrons. The lowest BCUT2D eigenvalue weighted by atomic mass is 9.82. The zero-order valence-electron chi connectivity index (χ0n) is 40.3. The van der Waals surface area contributed by atoms with Gasteiger partial charge in [0.2, 0.25) is 0 Å². The summed E-state index contributed by atoms with van der Waals surface area (Å²) < 4.78 is 18.1. The zero-order chi connectivity index (χ0) is 50.6. The summed E-state index contributed by atoms with van der Waals surface area (Å²) in [5, 5.41) is 58.2. The molecule has 0 aromatic heterocycles. The minimum Gasteiger partial charge on any atom is -0.491 e. The van der Waals surface area contributed by atoms with Crippen LogP contribution in [-0.4, -0.2) is 91.2 Å². The lowest BCUT2D eigenvalue weighted by molar-refractivity contribution is -0.119. The van der Waals surface area contributed by atoms with Gasteiger partial charge in [0, 0.05) is 32.1 Å². The van der Waals surface area contributed by atoms with Crippen LogP contribution in [0, 0.1) is 59.6 Å². The number of halogens is 1. The SMILES string of the molecule is C.C#CC[C@@H](O)/C=C/C=C/C(C)=C\C(O)CCCC(C)=O.C#CC[C@@H](O)/C=C/C=C/[C@@H]1C[C@@H]1[C@@H](O)CCCC(C)=O.CC(=O)CC(C)(C)C[C@H](O)C#C/C=C/C=C/[C@H](O)COc1ccc(F)cc1. The minimum atomic E-state index is -0.814. The quantitative estimate of drug-likeness (QED) is 0.0368. The molecule has 0 spiro atoms. The van der Waals surface area contributed by atoms with Gasteiger partial charge in [0.15, 0.2) is 0 Å². The van der Waals surface area contributed by atoms with Crippen molar-refractivity contribution in [2.45, 2.75) is 156 Å². The van der Waals surface area contributed by atoms with Crippen LogP contribution in [0.25, 0.3) is 0 Å². The molecule has 0 bridgehead atoms. The first-order valence-corrected chi connectivity index (χ1v) is 22.7. The Morgan fingerprint density at radius 1 is 0.765 bits per heavy atom. The number of rotatable bonds is 27. The normalized spacial score (nSPS) is 17.4. The van der Waals surface area contributed by atoms with E-state index in [1.165, 1.54) is 37.3 Å². The summed E-state index contributed by atoms with van der Waals surface area (Å²) in [6.45, 7) is 10.4. The maximum Gasteiger partial charge on any atom is 0.130 e. The minimum absolute atomic E-state index is 0. The van der Waals surface area contributed by atoms with E-state index in [9.17, 15) is 49.4 Å². The average molecular weight is 943 g/mol. The van der Waals surface area contributed by atoms with Gasteiger partial charge in [-0.05, 0) is 114 Å². The van der Waals surface area contributed by atoms with Crippen LogP contribution >= 0.6 is 0 Å². The van der Waals surface area contributed by atoms with Crippen LogP contribution in [0.15, 0.2) is 109 Å². The molecular weight excluding hydrogens is 864 g/mol. The van der Waals surface area contributed by atoms with E-state index >= 15 is 0 Å². The fourth-order valence-corrected chi connectivity index (χ4v) is 6.38. The van der Waals surface area contributed by atoms with E-state index in [-0.39, 0.29) is 48.7 Å². The summed E-state index contributed by atoms with van der Waals surface area (Å²) in [4.78, 5) is 32.8. The Kier molecular flexibility index (Phi) is 36.6. The van der Waals surface area contributed by atoms with Crippen molar-refractivity contribution in [3.05, 3.63) is 115 Å². The molecule has 1 aromatic rings. The van der Waals surface area contributed by atoms with Crippen LogP contribution in [0.2, 0.25) is 0 Å². The number of hydrogen-bond donors (Lipinski definition) is 6. The number of allylic oxidation sites excluding steroid dienone is 10. The first-order chi connectivity index (χ1) is 31.7. The van der Waals surface area contributed by atoms with Gasteiger partial charge in [0.25, 0.3) is 0 Å². The second-order valence-corrected chi connectivity index (χ2v) is 17.4. The van der Waals surface area contributed by atoms with Crippen molar-refractivity contribution in [1.29, 1.82) is 0 Å². The number of hydrogen-bond acceptors (Lipinski definition) is 10. The van der Waals surface area contributed by atoms with E-state index in [1.807, 2.05) is 32.9 Å². The van der Waals surface area contributed by atoms with E-state index in [1.54, 1.807) is 68.5 Å². The van der Waals surface area contributed by atoms with Gasteiger partial charge in [-0.1, -0.05) is 112 Å². The smallest absolute Gasteiger partial charge is 0.130 e. The fraction of sp³-hybridized carbons (Fsp3) is 0.491. The highest BCUT2D eigenvalue weighted by molar-refractivity contribution is 5.76. The number of carbonyl (C=O) groups is 3. The molecule has 6 N–H and O–H groups in total. The largest absolute Gasteiger partial charge is 0.491 e. The van der Waals surface area contributed by atoms with Gasteiger partial charge in [-0.2, -0.15) is 0 Å². The molecule has 10 nitrogen and oxygen atoms in total. The number of benzene rings is 1. The lowest BCUT2D eigenvalue weighted by Crippen LogP contribution is -2.22. The molecular formula is C57H79FO10. The number of Topliss-reactive ketones (excluding diaryl/α,β-unsaturated/α-hetero) is 3. The predicted octanol–water partition coefficient (Wildman–Crippen LogP) is 8.86. The number of aliphatic hydroxyl groups is 6. The summed E-state index contributed by atoms with van der Waals surface area (Å²) >= 11 is 0. The number of carbonyl (C=O) groups excluding carboxylic acids is 3. The highest BCUT2D eigenvalue weighted by Crippen LogP contribution is 2.43. The van der Waals surface area contributed by atoms with Crippen LogP contribution < -0.4 is 4.74 Å². The van der Waals surface area contributed by atoms with Crippen LogP contribution in [0.3, 0.4) is 0 Å². The van der Waals surface area contributed by atoms with Crippen molar-refractivity contribution in [2.75, 3.05) is 6.61 Å². The van der Waals surface area contributed by atoms with Crippen molar-refractivity contribution >= 4 is 17.3 Å². The molecule has 2 rings (SSSR count). The zero-order valence-corrected chi connectivity index (χ0v) is 40.3. The monoisotopic (exact) mass is 943 g/mol. The maximum atomic E-state index is 12.8. The molecule has 1 aliphatic carbocycles. The van der Waals surface area contributed by atoms with Gasteiger partial charge >= 0.3 is 0 Å². The van der Waals surface area contributed by atoms with Crippen LogP contribution in [0.5, 0.6) is 5.75 Å². The van der Waals surface area contributed by atoms with Crippen LogP contribution in [0.4, 0.5) is 4.39 Å². The van der Waals surface area contributed by atoms with Crippen molar-refractivity contribution < 1.29 is 54.2 Å². The van der Waals surface area contributed by atoms with Gasteiger partial charge in [-0.25, -0.2) is 4.39 Å². The summed E-state index contributed by atoms with van der Waals surface area (Å²) in [5.41, 5.74) is 0.634. The Morgan fingerprint density at radius 3 is 1.87 bits per heavy atom. The molecule has 0 amide bonds. The van der Waals surface area contributed by atoms with E-state index in [4.69, 9.17) is 17.6 Å². The van der Waals surface area contributed by atoms with Gasteiger partial charge in [0.1, 0.15) is 47.7 Å². The molecule has 1 aliphatic rings. The van der Waals surface area contributed by atoms with Gasteiger partial charge in [-0.15, -0.1) is 24.7 Å². The fourth-order valence-electron chi connectivity index (χ4n) is 6.38. The standard InChI is InChI=1S/C22H27FO4.2C17H24O3.CH4/c1-17(24)14-22(2,3)15-19(25)8-6-4-5-7-9-20(26)16-27-21-12-10-18(23)11-13-21;1-3-7-15(19)10-5-4-9-14-12-16(14)17(20)11-6-8-13(2)18;1-4-8-16(19)11-6-5-9-14(2)13-17(20)12-7-10-15(3)18;/h4-5,7,9-13,19-20,25-26H,14-16H2,1-3H3;1,4-5,9-10,14-17,19-20H,6-8,11-12H2,2H3;1,5-6,9,11,13,16-17,19-20H,7-8,10,12H2,2-3H3;1H4/b5-4+,9-7+;9-4+,10-5+;9-5+,11-6+,14-13-;/t19-,20+;14-,15-,16+,17+;16-,17?;/m111./s1. The summed E-state index contributed by atoms with van der Waals surface area (Å²) in [5.74, 6) is 11.5. The van der Waals surface area contributed by atoms with Gasteiger partial charge in [-0.3, -0.25) is 0 Å². The molecule has 1 saturated carbocycles. The number of ketones is 3. The number of aliphatic hydroxyl groups excluding tert-OH is 6. The predicted molar refractivity (Wildman–Crippen MR) is 272 cm³/mol. The Hall–Kier alpha value is -5.42. The maximum absolute atomic E-state index is 12.8. The lowest BCUT2D eigenvalue weighted by Gasteiger charge is -2.23. The van der Waals surface area contributed by atoms with E-state index in [0.29, 0.717) is 75.4 Å². The third-order valence-electron chi connectivity index (χ3n) is 9.74. The van der Waals surface area contributed by atoms with Crippen molar-refractivity contribution in [2.24, 2.45) is 17.3 Å². The van der Waals surface area contributed by atoms with E-state index < -0.39 is 30.5 Å². The van der Waals surface area contributed by atoms with Crippen molar-refractivity contribution in [1.82, 2.24) is 0 Å². The molecule has 1 aromatic carbocycles. The van der Waals surface area contributed by atoms with Crippen molar-refractivity contribution in [3.8, 4) is 42.3 Å². The molecule has 8 atom stereocenters. The molecule has 1 fully saturated rings. The summed E-state index contributed by atoms with van der Waals surface area (Å²) in [7, 11) is 0. The Bertz CT molecular complexity index is 1960. The summed E-state index contributed by atoms with van der Waals surface area (Å²) in [6.07, 6.45) is 35.3. The van der Waals surface area contributed by atoms with Crippen LogP contribution in [-0.2, 0) is 14.4 Å².